The molecule has 1 atom stereocenters. The Morgan fingerprint density at radius 2 is 2.00 bits per heavy atom. The number of nitrogens with zero attached hydrogens (tertiary/aromatic N) is 1. The van der Waals surface area contributed by atoms with Gasteiger partial charge in [0.2, 0.25) is 0 Å². The quantitative estimate of drug-likeness (QED) is 0.872. The molecule has 1 aromatic carbocycles. The molecule has 0 aromatic heterocycles. The molecular formula is C18H30N2O. The van der Waals surface area contributed by atoms with Crippen molar-refractivity contribution in [2.75, 3.05) is 40.4 Å². The molecule has 3 nitrogen and oxygen atoms in total. The highest BCUT2D eigenvalue weighted by molar-refractivity contribution is 5.33. The minimum Gasteiger partial charge on any atom is -0.384 e. The normalized spacial score (nSPS) is 18.9. The standard InChI is InChI=1S/C18H30N2O/c1-14-5-6-17(15(2)11-14)18(19-3)12-20-9-7-16(8-10-20)13-21-4/h5-6,11,16,18-19H,7-10,12-13H2,1-4H3. The van der Waals surface area contributed by atoms with Crippen molar-refractivity contribution in [2.45, 2.75) is 32.7 Å². The molecule has 1 heterocycles. The van der Waals surface area contributed by atoms with Crippen LogP contribution in [0.4, 0.5) is 0 Å². The molecule has 118 valence electrons. The molecule has 1 aromatic rings. The lowest BCUT2D eigenvalue weighted by Crippen LogP contribution is -2.40. The molecule has 1 saturated heterocycles. The first kappa shape index (κ1) is 16.5. The van der Waals surface area contributed by atoms with Gasteiger partial charge in [0.25, 0.3) is 0 Å². The molecule has 2 rings (SSSR count). The molecule has 0 bridgehead atoms. The van der Waals surface area contributed by atoms with Crippen LogP contribution in [0.15, 0.2) is 18.2 Å². The number of hydrogen-bond donors (Lipinski definition) is 1. The van der Waals surface area contributed by atoms with E-state index in [1.54, 1.807) is 0 Å². The average Bonchev–Trinajstić information content (AvgIpc) is 2.47. The van der Waals surface area contributed by atoms with E-state index in [0.29, 0.717) is 6.04 Å². The third-order valence-corrected chi connectivity index (χ3v) is 4.70. The Morgan fingerprint density at radius 1 is 1.29 bits per heavy atom. The van der Waals surface area contributed by atoms with Crippen LogP contribution in [0.1, 0.15) is 35.6 Å². The van der Waals surface area contributed by atoms with Gasteiger partial charge in [-0.2, -0.15) is 0 Å². The van der Waals surface area contributed by atoms with Crippen LogP contribution < -0.4 is 5.32 Å². The van der Waals surface area contributed by atoms with Crippen molar-refractivity contribution in [3.63, 3.8) is 0 Å². The second-order valence-corrected chi connectivity index (χ2v) is 6.40. The third-order valence-electron chi connectivity index (χ3n) is 4.70. The van der Waals surface area contributed by atoms with Crippen molar-refractivity contribution in [3.05, 3.63) is 34.9 Å². The van der Waals surface area contributed by atoms with Crippen molar-refractivity contribution in [3.8, 4) is 0 Å². The van der Waals surface area contributed by atoms with Crippen LogP contribution in [0.5, 0.6) is 0 Å². The van der Waals surface area contributed by atoms with Crippen molar-refractivity contribution in [1.29, 1.82) is 0 Å². The second kappa shape index (κ2) is 7.92. The van der Waals surface area contributed by atoms with Gasteiger partial charge >= 0.3 is 0 Å². The highest BCUT2D eigenvalue weighted by Gasteiger charge is 2.22. The smallest absolute Gasteiger partial charge is 0.0491 e. The van der Waals surface area contributed by atoms with E-state index in [0.717, 1.165) is 19.1 Å². The molecule has 0 amide bonds. The van der Waals surface area contributed by atoms with Crippen LogP contribution in [-0.4, -0.2) is 45.3 Å². The van der Waals surface area contributed by atoms with Crippen molar-refractivity contribution >= 4 is 0 Å². The molecule has 1 aliphatic rings. The summed E-state index contributed by atoms with van der Waals surface area (Å²) in [6.45, 7) is 8.78. The predicted molar refractivity (Wildman–Crippen MR) is 88.8 cm³/mol. The number of aryl methyl sites for hydroxylation is 2. The highest BCUT2D eigenvalue weighted by atomic mass is 16.5. The summed E-state index contributed by atoms with van der Waals surface area (Å²) >= 11 is 0. The molecule has 0 radical (unpaired) electrons. The van der Waals surface area contributed by atoms with E-state index in [-0.39, 0.29) is 0 Å². The maximum Gasteiger partial charge on any atom is 0.0491 e. The van der Waals surface area contributed by atoms with E-state index < -0.39 is 0 Å². The molecule has 0 aliphatic carbocycles. The van der Waals surface area contributed by atoms with Gasteiger partial charge < -0.3 is 15.0 Å². The highest BCUT2D eigenvalue weighted by Crippen LogP contribution is 2.23. The van der Waals surface area contributed by atoms with E-state index in [1.807, 2.05) is 7.11 Å². The van der Waals surface area contributed by atoms with E-state index in [1.165, 1.54) is 42.6 Å². The van der Waals surface area contributed by atoms with Crippen LogP contribution >= 0.6 is 0 Å². The maximum atomic E-state index is 5.28. The Morgan fingerprint density at radius 3 is 2.57 bits per heavy atom. The summed E-state index contributed by atoms with van der Waals surface area (Å²) in [7, 11) is 3.88. The molecule has 3 heteroatoms. The lowest BCUT2D eigenvalue weighted by molar-refractivity contribution is 0.0956. The SMILES string of the molecule is CNC(CN1CCC(COC)CC1)c1ccc(C)cc1C. The van der Waals surface area contributed by atoms with Gasteiger partial charge in [0.1, 0.15) is 0 Å². The lowest BCUT2D eigenvalue weighted by Gasteiger charge is -2.34. The first-order valence-corrected chi connectivity index (χ1v) is 8.09. The number of nitrogens with one attached hydrogen (secondary N) is 1. The summed E-state index contributed by atoms with van der Waals surface area (Å²) in [6, 6.07) is 7.20. The second-order valence-electron chi connectivity index (χ2n) is 6.40. The third kappa shape index (κ3) is 4.53. The predicted octanol–water partition coefficient (Wildman–Crippen LogP) is 2.92. The number of methoxy groups -OCH3 is 1. The number of hydrogen-bond acceptors (Lipinski definition) is 3. The molecule has 1 fully saturated rings. The first-order chi connectivity index (χ1) is 10.1. The average molecular weight is 290 g/mol. The van der Waals surface area contributed by atoms with Gasteiger partial charge in [0, 0.05) is 26.3 Å². The van der Waals surface area contributed by atoms with Crippen molar-refractivity contribution in [1.82, 2.24) is 10.2 Å². The minimum atomic E-state index is 0.421. The summed E-state index contributed by atoms with van der Waals surface area (Å²) in [5, 5.41) is 3.50. The Labute approximate surface area is 129 Å². The molecule has 0 saturated carbocycles. The summed E-state index contributed by atoms with van der Waals surface area (Å²) in [5.74, 6) is 0.750. The first-order valence-electron chi connectivity index (χ1n) is 8.09. The van der Waals surface area contributed by atoms with E-state index in [2.05, 4.69) is 49.3 Å². The number of rotatable bonds is 6. The Bertz CT molecular complexity index is 439. The fraction of sp³-hybridized carbons (Fsp3) is 0.667. The topological polar surface area (TPSA) is 24.5 Å². The van der Waals surface area contributed by atoms with Gasteiger partial charge in [-0.3, -0.25) is 0 Å². The summed E-state index contributed by atoms with van der Waals surface area (Å²) in [5.41, 5.74) is 4.16. The summed E-state index contributed by atoms with van der Waals surface area (Å²) in [4.78, 5) is 2.59. The number of likely N-dealkylation sites (tertiary alicyclic amines) is 1. The molecule has 0 spiro atoms. The van der Waals surface area contributed by atoms with Crippen molar-refractivity contribution in [2.24, 2.45) is 5.92 Å². The zero-order valence-electron chi connectivity index (χ0n) is 14.0. The largest absolute Gasteiger partial charge is 0.384 e. The molecule has 1 N–H and O–H groups in total. The van der Waals surface area contributed by atoms with E-state index >= 15 is 0 Å². The molecular weight excluding hydrogens is 260 g/mol. The number of piperidine rings is 1. The molecule has 21 heavy (non-hydrogen) atoms. The Kier molecular flexibility index (Phi) is 6.22. The van der Waals surface area contributed by atoms with Crippen LogP contribution in [0.2, 0.25) is 0 Å². The Hall–Kier alpha value is -0.900. The van der Waals surface area contributed by atoms with Gasteiger partial charge in [0.15, 0.2) is 0 Å². The lowest BCUT2D eigenvalue weighted by atomic mass is 9.95. The van der Waals surface area contributed by atoms with Gasteiger partial charge in [-0.1, -0.05) is 23.8 Å². The van der Waals surface area contributed by atoms with E-state index in [9.17, 15) is 0 Å². The number of benzene rings is 1. The fourth-order valence-electron chi connectivity index (χ4n) is 3.39. The van der Waals surface area contributed by atoms with Gasteiger partial charge in [-0.15, -0.1) is 0 Å². The zero-order valence-corrected chi connectivity index (χ0v) is 14.0. The zero-order chi connectivity index (χ0) is 15.2. The molecule has 1 unspecified atom stereocenters. The van der Waals surface area contributed by atoms with Gasteiger partial charge in [-0.25, -0.2) is 0 Å². The van der Waals surface area contributed by atoms with Crippen LogP contribution in [0.25, 0.3) is 0 Å². The Balaban J connectivity index is 1.94. The maximum absolute atomic E-state index is 5.28. The van der Waals surface area contributed by atoms with Crippen LogP contribution in [-0.2, 0) is 4.74 Å². The van der Waals surface area contributed by atoms with Crippen LogP contribution in [0.3, 0.4) is 0 Å². The monoisotopic (exact) mass is 290 g/mol. The van der Waals surface area contributed by atoms with Gasteiger partial charge in [-0.05, 0) is 63.9 Å². The van der Waals surface area contributed by atoms with Gasteiger partial charge in [0.05, 0.1) is 0 Å². The van der Waals surface area contributed by atoms with Crippen LogP contribution in [0, 0.1) is 19.8 Å². The summed E-state index contributed by atoms with van der Waals surface area (Å²) in [6.07, 6.45) is 2.52. The summed E-state index contributed by atoms with van der Waals surface area (Å²) < 4.78 is 5.28. The van der Waals surface area contributed by atoms with E-state index in [4.69, 9.17) is 4.74 Å². The number of likely N-dealkylation sites (N-methyl/N-ethyl adjacent to an activating group) is 1. The van der Waals surface area contributed by atoms with Crippen molar-refractivity contribution < 1.29 is 4.74 Å². The minimum absolute atomic E-state index is 0.421. The fourth-order valence-corrected chi connectivity index (χ4v) is 3.39. The molecule has 1 aliphatic heterocycles. The number of ether oxygens (including phenoxy) is 1.